The smallest absolute Gasteiger partial charge is 0.318 e. The van der Waals surface area contributed by atoms with E-state index in [1.165, 1.54) is 0 Å². The van der Waals surface area contributed by atoms with Crippen LogP contribution in [0.15, 0.2) is 0 Å². The normalized spacial score (nSPS) is 24.0. The lowest BCUT2D eigenvalue weighted by molar-refractivity contribution is -0.425. The van der Waals surface area contributed by atoms with Gasteiger partial charge in [-0.25, -0.2) is 5.32 Å². The molecule has 0 aliphatic carbocycles. The molecule has 1 aliphatic rings. The predicted molar refractivity (Wildman–Crippen MR) is 50.8 cm³/mol. The molecule has 0 radical (unpaired) electrons. The van der Waals surface area contributed by atoms with Crippen LogP contribution in [0.1, 0.15) is 6.92 Å². The molecule has 0 unspecified atom stereocenters. The number of nitrogens with one attached hydrogen (secondary N) is 1. The van der Waals surface area contributed by atoms with E-state index in [4.69, 9.17) is 14.3 Å². The van der Waals surface area contributed by atoms with Gasteiger partial charge in [-0.1, -0.05) is 6.92 Å². The van der Waals surface area contributed by atoms with Gasteiger partial charge >= 0.3 is 6.03 Å². The number of methoxy groups -OCH3 is 2. The summed E-state index contributed by atoms with van der Waals surface area (Å²) in [5.74, 6) is 0. The molecule has 0 atom stereocenters. The summed E-state index contributed by atoms with van der Waals surface area (Å²) >= 11 is 0. The van der Waals surface area contributed by atoms with Gasteiger partial charge in [0, 0.05) is 14.2 Å². The monoisotopic (exact) mass is 205 g/mol. The Balaban J connectivity index is 2.68. The van der Waals surface area contributed by atoms with E-state index < -0.39 is 6.03 Å². The quantitative estimate of drug-likeness (QED) is 0.630. The minimum absolute atomic E-state index is 0.641. The number of hydrogen-bond donors (Lipinski definition) is 1. The second kappa shape index (κ2) is 5.01. The van der Waals surface area contributed by atoms with Gasteiger partial charge in [-0.05, 0) is 6.54 Å². The molecule has 1 aliphatic heterocycles. The Morgan fingerprint density at radius 3 is 2.36 bits per heavy atom. The first-order valence-corrected chi connectivity index (χ1v) is 4.61. The zero-order valence-corrected chi connectivity index (χ0v) is 9.24. The Morgan fingerprint density at radius 2 is 1.93 bits per heavy atom. The Hall–Kier alpha value is -0.240. The SMILES string of the molecule is CCN1CNC(OC)(OC)N(OC)C1. The highest BCUT2D eigenvalue weighted by atomic mass is 16.8. The molecule has 0 spiro atoms. The first kappa shape index (κ1) is 11.8. The molecule has 1 heterocycles. The van der Waals surface area contributed by atoms with E-state index in [9.17, 15) is 0 Å². The third-order valence-corrected chi connectivity index (χ3v) is 2.40. The van der Waals surface area contributed by atoms with Crippen LogP contribution in [0.4, 0.5) is 0 Å². The fourth-order valence-electron chi connectivity index (χ4n) is 1.45. The van der Waals surface area contributed by atoms with Crippen LogP contribution >= 0.6 is 0 Å². The highest BCUT2D eigenvalue weighted by Gasteiger charge is 2.42. The summed E-state index contributed by atoms with van der Waals surface area (Å²) < 4.78 is 10.5. The van der Waals surface area contributed by atoms with Crippen LogP contribution in [0, 0.1) is 0 Å². The lowest BCUT2D eigenvalue weighted by Gasteiger charge is -2.46. The maximum atomic E-state index is 5.27. The number of nitrogens with zero attached hydrogens (tertiary/aromatic N) is 2. The van der Waals surface area contributed by atoms with Gasteiger partial charge in [0.1, 0.15) is 0 Å². The molecule has 1 N–H and O–H groups in total. The molecule has 6 nitrogen and oxygen atoms in total. The van der Waals surface area contributed by atoms with Crippen LogP contribution in [0.5, 0.6) is 0 Å². The Morgan fingerprint density at radius 1 is 1.29 bits per heavy atom. The molecule has 14 heavy (non-hydrogen) atoms. The van der Waals surface area contributed by atoms with Crippen molar-refractivity contribution in [1.29, 1.82) is 0 Å². The summed E-state index contributed by atoms with van der Waals surface area (Å²) in [5.41, 5.74) is 0. The second-order valence-electron chi connectivity index (χ2n) is 3.01. The van der Waals surface area contributed by atoms with Gasteiger partial charge in [-0.2, -0.15) is 0 Å². The summed E-state index contributed by atoms with van der Waals surface area (Å²) in [5, 5.41) is 4.73. The van der Waals surface area contributed by atoms with Crippen LogP contribution in [-0.2, 0) is 14.3 Å². The maximum absolute atomic E-state index is 5.27. The van der Waals surface area contributed by atoms with Crippen molar-refractivity contribution in [2.75, 3.05) is 41.2 Å². The Labute approximate surface area is 84.7 Å². The number of rotatable bonds is 4. The van der Waals surface area contributed by atoms with Gasteiger partial charge in [0.05, 0.1) is 20.4 Å². The fraction of sp³-hybridized carbons (Fsp3) is 1.00. The molecular formula is C8H19N3O3. The molecule has 0 bridgehead atoms. The van der Waals surface area contributed by atoms with Crippen LogP contribution < -0.4 is 5.32 Å². The highest BCUT2D eigenvalue weighted by Crippen LogP contribution is 2.18. The lowest BCUT2D eigenvalue weighted by Crippen LogP contribution is -2.69. The molecule has 0 aromatic heterocycles. The first-order valence-electron chi connectivity index (χ1n) is 4.61. The number of hydrogen-bond acceptors (Lipinski definition) is 6. The standard InChI is InChI=1S/C8H19N3O3/c1-5-10-6-9-8(12-2,13-3)11(7-10)14-4/h9H,5-7H2,1-4H3. The Kier molecular flexibility index (Phi) is 4.24. The van der Waals surface area contributed by atoms with E-state index in [-0.39, 0.29) is 0 Å². The van der Waals surface area contributed by atoms with E-state index in [2.05, 4.69) is 17.1 Å². The molecular weight excluding hydrogens is 186 g/mol. The van der Waals surface area contributed by atoms with Crippen molar-refractivity contribution in [3.8, 4) is 0 Å². The molecule has 0 aromatic carbocycles. The third-order valence-electron chi connectivity index (χ3n) is 2.40. The summed E-state index contributed by atoms with van der Waals surface area (Å²) in [6, 6.07) is -0.972. The van der Waals surface area contributed by atoms with Gasteiger partial charge < -0.3 is 9.47 Å². The van der Waals surface area contributed by atoms with E-state index in [0.29, 0.717) is 13.3 Å². The largest absolute Gasteiger partial charge is 0.326 e. The van der Waals surface area contributed by atoms with Gasteiger partial charge in [0.25, 0.3) is 0 Å². The summed E-state index contributed by atoms with van der Waals surface area (Å²) in [6.07, 6.45) is 0. The van der Waals surface area contributed by atoms with Crippen molar-refractivity contribution >= 4 is 0 Å². The van der Waals surface area contributed by atoms with Crippen molar-refractivity contribution in [1.82, 2.24) is 15.3 Å². The number of ether oxygens (including phenoxy) is 2. The molecule has 0 saturated carbocycles. The zero-order chi connectivity index (χ0) is 10.6. The van der Waals surface area contributed by atoms with Crippen LogP contribution in [0.3, 0.4) is 0 Å². The van der Waals surface area contributed by atoms with Gasteiger partial charge in [0.15, 0.2) is 0 Å². The first-order chi connectivity index (χ1) is 6.72. The highest BCUT2D eigenvalue weighted by molar-refractivity contribution is 4.69. The van der Waals surface area contributed by atoms with Crippen molar-refractivity contribution in [3.63, 3.8) is 0 Å². The van der Waals surface area contributed by atoms with Crippen LogP contribution in [-0.4, -0.2) is 57.2 Å². The average Bonchev–Trinajstić information content (AvgIpc) is 2.28. The van der Waals surface area contributed by atoms with Crippen molar-refractivity contribution < 1.29 is 14.3 Å². The summed E-state index contributed by atoms with van der Waals surface area (Å²) in [6.45, 7) is 4.37. The predicted octanol–water partition coefficient (Wildman–Crippen LogP) is -0.406. The van der Waals surface area contributed by atoms with Crippen LogP contribution in [0.25, 0.3) is 0 Å². The molecule has 1 fully saturated rings. The minimum atomic E-state index is -0.972. The van der Waals surface area contributed by atoms with Gasteiger partial charge in [-0.3, -0.25) is 9.74 Å². The number of hydroxylamine groups is 2. The topological polar surface area (TPSA) is 46.2 Å². The second-order valence-corrected chi connectivity index (χ2v) is 3.01. The van der Waals surface area contributed by atoms with Crippen LogP contribution in [0.2, 0.25) is 0 Å². The Bertz CT molecular complexity index is 175. The molecule has 0 aromatic rings. The zero-order valence-electron chi connectivity index (χ0n) is 9.24. The van der Waals surface area contributed by atoms with E-state index in [0.717, 1.165) is 6.54 Å². The van der Waals surface area contributed by atoms with Crippen molar-refractivity contribution in [2.24, 2.45) is 0 Å². The molecule has 84 valence electrons. The average molecular weight is 205 g/mol. The molecule has 0 amide bonds. The molecule has 1 saturated heterocycles. The van der Waals surface area contributed by atoms with E-state index in [1.807, 2.05) is 0 Å². The van der Waals surface area contributed by atoms with Crippen molar-refractivity contribution in [3.05, 3.63) is 0 Å². The summed E-state index contributed by atoms with van der Waals surface area (Å²) in [4.78, 5) is 7.35. The van der Waals surface area contributed by atoms with E-state index in [1.54, 1.807) is 26.4 Å². The molecule has 1 rings (SSSR count). The van der Waals surface area contributed by atoms with Crippen molar-refractivity contribution in [2.45, 2.75) is 13.0 Å². The van der Waals surface area contributed by atoms with Gasteiger partial charge in [0.2, 0.25) is 0 Å². The molecule has 6 heteroatoms. The maximum Gasteiger partial charge on any atom is 0.318 e. The fourth-order valence-corrected chi connectivity index (χ4v) is 1.45. The summed E-state index contributed by atoms with van der Waals surface area (Å²) in [7, 11) is 4.74. The van der Waals surface area contributed by atoms with E-state index >= 15 is 0 Å². The lowest BCUT2D eigenvalue weighted by atomic mass is 10.5. The third kappa shape index (κ3) is 2.05. The van der Waals surface area contributed by atoms with Gasteiger partial charge in [-0.15, -0.1) is 5.06 Å². The minimum Gasteiger partial charge on any atom is -0.326 e.